The fourth-order valence-corrected chi connectivity index (χ4v) is 1.64. The molecular formula is C14H12N4O4. The topological polar surface area (TPSA) is 117 Å². The summed E-state index contributed by atoms with van der Waals surface area (Å²) in [5.41, 5.74) is 2.47. The number of nitrogens with zero attached hydrogens (tertiary/aromatic N) is 2. The molecule has 2 aromatic rings. The lowest BCUT2D eigenvalue weighted by Gasteiger charge is -2.03. The maximum Gasteiger partial charge on any atom is 0.339 e. The standard InChI is InChI=1S/C14H12N4O4/c19-13-10(5-4-8-12(13)18(21)22)9-15-17-14(20)16-11-6-2-1-3-7-11/h1-9,19H,(H2,16,17,20)/b15-9+. The van der Waals surface area contributed by atoms with Crippen LogP contribution in [0.5, 0.6) is 5.75 Å². The molecule has 0 unspecified atom stereocenters. The van der Waals surface area contributed by atoms with Gasteiger partial charge in [-0.25, -0.2) is 10.2 Å². The highest BCUT2D eigenvalue weighted by molar-refractivity contribution is 5.91. The maximum atomic E-state index is 11.6. The number of phenols is 1. The lowest BCUT2D eigenvalue weighted by atomic mass is 10.2. The second-order valence-corrected chi connectivity index (χ2v) is 4.16. The molecule has 22 heavy (non-hydrogen) atoms. The van der Waals surface area contributed by atoms with E-state index in [9.17, 15) is 20.0 Å². The highest BCUT2D eigenvalue weighted by atomic mass is 16.6. The molecule has 2 aromatic carbocycles. The van der Waals surface area contributed by atoms with Crippen LogP contribution in [0.25, 0.3) is 0 Å². The van der Waals surface area contributed by atoms with E-state index in [2.05, 4.69) is 15.8 Å². The number of nitrogens with one attached hydrogen (secondary N) is 2. The molecule has 0 saturated heterocycles. The number of hydrogen-bond donors (Lipinski definition) is 3. The molecule has 0 fully saturated rings. The Kier molecular flexibility index (Phi) is 4.66. The van der Waals surface area contributed by atoms with E-state index in [1.807, 2.05) is 6.07 Å². The zero-order chi connectivity index (χ0) is 15.9. The number of hydrogen-bond acceptors (Lipinski definition) is 5. The van der Waals surface area contributed by atoms with Crippen LogP contribution >= 0.6 is 0 Å². The molecule has 0 spiro atoms. The number of hydrazone groups is 1. The van der Waals surface area contributed by atoms with Crippen molar-refractivity contribution in [3.8, 4) is 5.75 Å². The van der Waals surface area contributed by atoms with Gasteiger partial charge in [0, 0.05) is 17.3 Å². The van der Waals surface area contributed by atoms with Gasteiger partial charge in [-0.15, -0.1) is 0 Å². The Hall–Kier alpha value is -3.42. The number of aromatic hydroxyl groups is 1. The van der Waals surface area contributed by atoms with E-state index < -0.39 is 22.4 Å². The minimum absolute atomic E-state index is 0.120. The SMILES string of the molecule is O=C(N/N=C/c1cccc([N+](=O)[O-])c1O)Nc1ccccc1. The summed E-state index contributed by atoms with van der Waals surface area (Å²) in [5, 5.41) is 26.5. The molecule has 0 aromatic heterocycles. The normalized spacial score (nSPS) is 10.4. The lowest BCUT2D eigenvalue weighted by molar-refractivity contribution is -0.385. The summed E-state index contributed by atoms with van der Waals surface area (Å²) in [4.78, 5) is 21.5. The third-order valence-electron chi connectivity index (χ3n) is 2.64. The van der Waals surface area contributed by atoms with Gasteiger partial charge >= 0.3 is 11.7 Å². The number of benzene rings is 2. The summed E-state index contributed by atoms with van der Waals surface area (Å²) in [6.07, 6.45) is 1.12. The maximum absolute atomic E-state index is 11.6. The van der Waals surface area contributed by atoms with Crippen molar-refractivity contribution < 1.29 is 14.8 Å². The number of para-hydroxylation sites is 2. The van der Waals surface area contributed by atoms with Gasteiger partial charge in [0.05, 0.1) is 11.1 Å². The van der Waals surface area contributed by atoms with Crippen molar-refractivity contribution in [2.45, 2.75) is 0 Å². The average Bonchev–Trinajstić information content (AvgIpc) is 2.49. The molecule has 0 saturated carbocycles. The predicted octanol–water partition coefficient (Wildman–Crippen LogP) is 2.46. The van der Waals surface area contributed by atoms with Crippen molar-refractivity contribution >= 4 is 23.6 Å². The number of carbonyl (C=O) groups is 1. The molecule has 0 aliphatic heterocycles. The highest BCUT2D eigenvalue weighted by Crippen LogP contribution is 2.27. The molecule has 0 aliphatic carbocycles. The van der Waals surface area contributed by atoms with Crippen molar-refractivity contribution in [2.75, 3.05) is 5.32 Å². The first-order chi connectivity index (χ1) is 10.6. The van der Waals surface area contributed by atoms with Crippen molar-refractivity contribution in [1.82, 2.24) is 5.43 Å². The molecule has 8 nitrogen and oxygen atoms in total. The first-order valence-electron chi connectivity index (χ1n) is 6.19. The van der Waals surface area contributed by atoms with Gasteiger partial charge in [-0.05, 0) is 18.2 Å². The monoisotopic (exact) mass is 300 g/mol. The lowest BCUT2D eigenvalue weighted by Crippen LogP contribution is -2.24. The smallest absolute Gasteiger partial charge is 0.339 e. The van der Waals surface area contributed by atoms with Crippen LogP contribution < -0.4 is 10.7 Å². The summed E-state index contributed by atoms with van der Waals surface area (Å²) in [6.45, 7) is 0. The Morgan fingerprint density at radius 3 is 2.59 bits per heavy atom. The summed E-state index contributed by atoms with van der Waals surface area (Å²) in [6, 6.07) is 12.2. The van der Waals surface area contributed by atoms with Gasteiger partial charge in [-0.3, -0.25) is 10.1 Å². The summed E-state index contributed by atoms with van der Waals surface area (Å²) in [5.74, 6) is -0.512. The van der Waals surface area contributed by atoms with E-state index in [0.29, 0.717) is 5.69 Å². The van der Waals surface area contributed by atoms with Gasteiger partial charge in [-0.2, -0.15) is 5.10 Å². The van der Waals surface area contributed by atoms with Crippen LogP contribution in [0.4, 0.5) is 16.2 Å². The van der Waals surface area contributed by atoms with Crippen LogP contribution in [0.2, 0.25) is 0 Å². The Morgan fingerprint density at radius 1 is 1.18 bits per heavy atom. The molecule has 0 radical (unpaired) electrons. The third kappa shape index (κ3) is 3.79. The van der Waals surface area contributed by atoms with Gasteiger partial charge in [0.2, 0.25) is 5.75 Å². The molecule has 3 N–H and O–H groups in total. The molecule has 0 aliphatic rings. The molecule has 8 heteroatoms. The minimum atomic E-state index is -0.706. The van der Waals surface area contributed by atoms with Gasteiger partial charge in [0.1, 0.15) is 0 Å². The number of carbonyl (C=O) groups excluding carboxylic acids is 1. The first-order valence-corrected chi connectivity index (χ1v) is 6.19. The van der Waals surface area contributed by atoms with Crippen molar-refractivity contribution in [3.63, 3.8) is 0 Å². The zero-order valence-corrected chi connectivity index (χ0v) is 11.3. The Morgan fingerprint density at radius 2 is 1.91 bits per heavy atom. The van der Waals surface area contributed by atoms with Crippen LogP contribution in [0, 0.1) is 10.1 Å². The van der Waals surface area contributed by atoms with Crippen molar-refractivity contribution in [2.24, 2.45) is 5.10 Å². The van der Waals surface area contributed by atoms with E-state index in [-0.39, 0.29) is 5.56 Å². The third-order valence-corrected chi connectivity index (χ3v) is 2.64. The largest absolute Gasteiger partial charge is 0.502 e. The van der Waals surface area contributed by atoms with E-state index in [0.717, 1.165) is 6.21 Å². The van der Waals surface area contributed by atoms with Gasteiger partial charge in [0.25, 0.3) is 0 Å². The van der Waals surface area contributed by atoms with Crippen LogP contribution in [-0.2, 0) is 0 Å². The predicted molar refractivity (Wildman–Crippen MR) is 81.0 cm³/mol. The van der Waals surface area contributed by atoms with Gasteiger partial charge in [-0.1, -0.05) is 24.3 Å². The van der Waals surface area contributed by atoms with Gasteiger partial charge < -0.3 is 10.4 Å². The number of phenolic OH excluding ortho intramolecular Hbond substituents is 1. The van der Waals surface area contributed by atoms with Gasteiger partial charge in [0.15, 0.2) is 0 Å². The number of urea groups is 1. The van der Waals surface area contributed by atoms with Crippen molar-refractivity contribution in [3.05, 3.63) is 64.2 Å². The molecule has 2 amide bonds. The number of nitro benzene ring substituents is 1. The van der Waals surface area contributed by atoms with Crippen LogP contribution in [0.3, 0.4) is 0 Å². The second-order valence-electron chi connectivity index (χ2n) is 4.16. The van der Waals surface area contributed by atoms with E-state index >= 15 is 0 Å². The fraction of sp³-hybridized carbons (Fsp3) is 0. The fourth-order valence-electron chi connectivity index (χ4n) is 1.64. The van der Waals surface area contributed by atoms with Crippen LogP contribution in [0.1, 0.15) is 5.56 Å². The molecule has 0 heterocycles. The van der Waals surface area contributed by atoms with E-state index in [1.165, 1.54) is 18.2 Å². The number of amides is 2. The summed E-state index contributed by atoms with van der Waals surface area (Å²) in [7, 11) is 0. The number of nitro groups is 1. The summed E-state index contributed by atoms with van der Waals surface area (Å²) < 4.78 is 0. The quantitative estimate of drug-likeness (QED) is 0.456. The van der Waals surface area contributed by atoms with Crippen molar-refractivity contribution in [1.29, 1.82) is 0 Å². The van der Waals surface area contributed by atoms with E-state index in [4.69, 9.17) is 0 Å². The molecule has 0 atom stereocenters. The highest BCUT2D eigenvalue weighted by Gasteiger charge is 2.15. The number of rotatable bonds is 4. The zero-order valence-electron chi connectivity index (χ0n) is 11.3. The Balaban J connectivity index is 1.99. The minimum Gasteiger partial charge on any atom is -0.502 e. The van der Waals surface area contributed by atoms with E-state index in [1.54, 1.807) is 24.3 Å². The average molecular weight is 300 g/mol. The van der Waals surface area contributed by atoms with Crippen LogP contribution in [-0.4, -0.2) is 22.3 Å². The first kappa shape index (κ1) is 15.0. The Labute approximate surface area is 125 Å². The van der Waals surface area contributed by atoms with Crippen LogP contribution in [0.15, 0.2) is 53.6 Å². The molecular weight excluding hydrogens is 288 g/mol. The second kappa shape index (κ2) is 6.84. The number of anilines is 1. The Bertz CT molecular complexity index is 716. The molecule has 0 bridgehead atoms. The summed E-state index contributed by atoms with van der Waals surface area (Å²) >= 11 is 0. The molecule has 112 valence electrons. The molecule has 2 rings (SSSR count).